The van der Waals surface area contributed by atoms with Crippen molar-refractivity contribution in [3.05, 3.63) is 11.8 Å². The quantitative estimate of drug-likeness (QED) is 0.522. The molecule has 0 spiro atoms. The van der Waals surface area contributed by atoms with Gasteiger partial charge in [-0.1, -0.05) is 65.7 Å². The molecule has 122 valence electrons. The summed E-state index contributed by atoms with van der Waals surface area (Å²) in [6.45, 7) is 6.93. The zero-order valence-electron chi connectivity index (χ0n) is 14.7. The van der Waals surface area contributed by atoms with Crippen LogP contribution in [-0.2, 0) is 12.5 Å². The van der Waals surface area contributed by atoms with E-state index in [0.717, 1.165) is 5.88 Å². The lowest BCUT2D eigenvalue weighted by molar-refractivity contribution is 0.326. The van der Waals surface area contributed by atoms with Gasteiger partial charge in [0, 0.05) is 12.6 Å². The first-order chi connectivity index (χ1) is 10.1. The maximum Gasteiger partial charge on any atom is 0.215 e. The molecule has 0 fully saturated rings. The zero-order valence-corrected chi connectivity index (χ0v) is 14.7. The first kappa shape index (κ1) is 18.1. The number of aromatic nitrogens is 2. The van der Waals surface area contributed by atoms with E-state index < -0.39 is 0 Å². The molecule has 1 rings (SSSR count). The average molecular weight is 294 g/mol. The molecule has 1 aromatic rings. The summed E-state index contributed by atoms with van der Waals surface area (Å²) in [6, 6.07) is 0. The first-order valence-electron chi connectivity index (χ1n) is 8.65. The van der Waals surface area contributed by atoms with Crippen LogP contribution >= 0.6 is 0 Å². The standard InChI is InChI=1S/C18H34N2O/c1-6-8-10-12-14-18(3,13-11-9-7-2)16-15-19-20(4)17(16)21-5/h15H,6-14H2,1-5H3. The van der Waals surface area contributed by atoms with Crippen molar-refractivity contribution in [2.75, 3.05) is 7.11 Å². The minimum atomic E-state index is 0.197. The van der Waals surface area contributed by atoms with Gasteiger partial charge in [0.15, 0.2) is 0 Å². The summed E-state index contributed by atoms with van der Waals surface area (Å²) in [5, 5.41) is 4.42. The minimum Gasteiger partial charge on any atom is -0.481 e. The van der Waals surface area contributed by atoms with Gasteiger partial charge in [0.2, 0.25) is 5.88 Å². The largest absolute Gasteiger partial charge is 0.481 e. The third-order valence-electron chi connectivity index (χ3n) is 4.64. The fourth-order valence-electron chi connectivity index (χ4n) is 3.18. The molecule has 0 amide bonds. The van der Waals surface area contributed by atoms with E-state index in [1.807, 2.05) is 17.9 Å². The Labute approximate surface area is 131 Å². The highest BCUT2D eigenvalue weighted by Crippen LogP contribution is 2.39. The SMILES string of the molecule is CCCCCCC(C)(CCCCC)c1cnn(C)c1OC. The minimum absolute atomic E-state index is 0.197. The molecule has 0 saturated carbocycles. The molecule has 0 aromatic carbocycles. The predicted molar refractivity (Wildman–Crippen MR) is 90.0 cm³/mol. The molecule has 1 unspecified atom stereocenters. The Balaban J connectivity index is 2.83. The van der Waals surface area contributed by atoms with E-state index in [2.05, 4.69) is 25.9 Å². The topological polar surface area (TPSA) is 27.1 Å². The van der Waals surface area contributed by atoms with Crippen LogP contribution in [0.15, 0.2) is 6.20 Å². The monoisotopic (exact) mass is 294 g/mol. The maximum absolute atomic E-state index is 5.60. The normalized spacial score (nSPS) is 14.1. The van der Waals surface area contributed by atoms with Crippen LogP contribution in [-0.4, -0.2) is 16.9 Å². The second-order valence-corrected chi connectivity index (χ2v) is 6.52. The Morgan fingerprint density at radius 1 is 1.05 bits per heavy atom. The predicted octanol–water partition coefficient (Wildman–Crippen LogP) is 5.24. The number of nitrogens with zero attached hydrogens (tertiary/aromatic N) is 2. The van der Waals surface area contributed by atoms with Gasteiger partial charge in [-0.05, 0) is 18.3 Å². The molecule has 1 atom stereocenters. The molecule has 1 aromatic heterocycles. The number of ether oxygens (including phenoxy) is 1. The Bertz CT molecular complexity index is 400. The van der Waals surface area contributed by atoms with Crippen molar-refractivity contribution in [1.29, 1.82) is 0 Å². The van der Waals surface area contributed by atoms with Gasteiger partial charge < -0.3 is 4.74 Å². The molecule has 0 aliphatic carbocycles. The highest BCUT2D eigenvalue weighted by atomic mass is 16.5. The molecule has 0 aliphatic rings. The van der Waals surface area contributed by atoms with Crippen molar-refractivity contribution in [3.8, 4) is 5.88 Å². The summed E-state index contributed by atoms with van der Waals surface area (Å²) in [7, 11) is 3.72. The summed E-state index contributed by atoms with van der Waals surface area (Å²) in [6.07, 6.45) is 13.6. The Morgan fingerprint density at radius 2 is 1.62 bits per heavy atom. The molecule has 21 heavy (non-hydrogen) atoms. The molecular weight excluding hydrogens is 260 g/mol. The number of unbranched alkanes of at least 4 members (excludes halogenated alkanes) is 5. The lowest BCUT2D eigenvalue weighted by atomic mass is 9.75. The molecule has 0 N–H and O–H groups in total. The van der Waals surface area contributed by atoms with E-state index in [4.69, 9.17) is 4.74 Å². The molecule has 0 radical (unpaired) electrons. The third kappa shape index (κ3) is 5.05. The van der Waals surface area contributed by atoms with Gasteiger partial charge in [-0.2, -0.15) is 5.10 Å². The average Bonchev–Trinajstić information content (AvgIpc) is 2.85. The second-order valence-electron chi connectivity index (χ2n) is 6.52. The highest BCUT2D eigenvalue weighted by Gasteiger charge is 2.31. The number of aryl methyl sites for hydroxylation is 1. The van der Waals surface area contributed by atoms with Crippen LogP contribution in [0.4, 0.5) is 0 Å². The van der Waals surface area contributed by atoms with Crippen LogP contribution in [0.5, 0.6) is 5.88 Å². The molecular formula is C18H34N2O. The number of hydrogen-bond acceptors (Lipinski definition) is 2. The summed E-state index contributed by atoms with van der Waals surface area (Å²) in [5.74, 6) is 0.935. The van der Waals surface area contributed by atoms with E-state index in [1.165, 1.54) is 63.4 Å². The zero-order chi connectivity index (χ0) is 15.7. The van der Waals surface area contributed by atoms with Crippen molar-refractivity contribution in [2.24, 2.45) is 7.05 Å². The van der Waals surface area contributed by atoms with E-state index >= 15 is 0 Å². The molecule has 3 heteroatoms. The highest BCUT2D eigenvalue weighted by molar-refractivity contribution is 5.32. The van der Waals surface area contributed by atoms with Gasteiger partial charge in [-0.15, -0.1) is 0 Å². The van der Waals surface area contributed by atoms with E-state index in [-0.39, 0.29) is 5.41 Å². The number of rotatable bonds is 11. The van der Waals surface area contributed by atoms with Crippen LogP contribution in [0.2, 0.25) is 0 Å². The third-order valence-corrected chi connectivity index (χ3v) is 4.64. The Morgan fingerprint density at radius 3 is 2.19 bits per heavy atom. The lowest BCUT2D eigenvalue weighted by Crippen LogP contribution is -2.22. The van der Waals surface area contributed by atoms with Gasteiger partial charge in [0.05, 0.1) is 13.3 Å². The van der Waals surface area contributed by atoms with Crippen molar-refractivity contribution in [1.82, 2.24) is 9.78 Å². The van der Waals surface area contributed by atoms with Crippen LogP contribution in [0.3, 0.4) is 0 Å². The maximum atomic E-state index is 5.60. The van der Waals surface area contributed by atoms with Crippen molar-refractivity contribution in [3.63, 3.8) is 0 Å². The molecule has 0 aliphatic heterocycles. The van der Waals surface area contributed by atoms with Crippen molar-refractivity contribution >= 4 is 0 Å². The van der Waals surface area contributed by atoms with Crippen molar-refractivity contribution in [2.45, 2.75) is 84.0 Å². The smallest absolute Gasteiger partial charge is 0.215 e. The van der Waals surface area contributed by atoms with Crippen molar-refractivity contribution < 1.29 is 4.74 Å². The Hall–Kier alpha value is -0.990. The molecule has 1 heterocycles. The van der Waals surface area contributed by atoms with Crippen LogP contribution in [0, 0.1) is 0 Å². The van der Waals surface area contributed by atoms with E-state index in [1.54, 1.807) is 7.11 Å². The number of methoxy groups -OCH3 is 1. The fraction of sp³-hybridized carbons (Fsp3) is 0.833. The lowest BCUT2D eigenvalue weighted by Gasteiger charge is -2.30. The van der Waals surface area contributed by atoms with Crippen LogP contribution in [0.1, 0.15) is 84.1 Å². The molecule has 0 bridgehead atoms. The number of hydrogen-bond donors (Lipinski definition) is 0. The fourth-order valence-corrected chi connectivity index (χ4v) is 3.18. The summed E-state index contributed by atoms with van der Waals surface area (Å²) in [4.78, 5) is 0. The first-order valence-corrected chi connectivity index (χ1v) is 8.65. The van der Waals surface area contributed by atoms with Crippen LogP contribution in [0.25, 0.3) is 0 Å². The molecule has 3 nitrogen and oxygen atoms in total. The summed E-state index contributed by atoms with van der Waals surface area (Å²) >= 11 is 0. The van der Waals surface area contributed by atoms with Gasteiger partial charge in [0.1, 0.15) is 0 Å². The van der Waals surface area contributed by atoms with E-state index in [0.29, 0.717) is 0 Å². The second kappa shape index (κ2) is 9.11. The summed E-state index contributed by atoms with van der Waals surface area (Å²) in [5.41, 5.74) is 1.49. The Kier molecular flexibility index (Phi) is 7.84. The van der Waals surface area contributed by atoms with E-state index in [9.17, 15) is 0 Å². The van der Waals surface area contributed by atoms with Gasteiger partial charge in [0.25, 0.3) is 0 Å². The summed E-state index contributed by atoms with van der Waals surface area (Å²) < 4.78 is 7.46. The van der Waals surface area contributed by atoms with Crippen LogP contribution < -0.4 is 4.74 Å². The van der Waals surface area contributed by atoms with Gasteiger partial charge in [-0.25, -0.2) is 4.68 Å². The molecule has 0 saturated heterocycles. The van der Waals surface area contributed by atoms with Gasteiger partial charge in [-0.3, -0.25) is 0 Å². The van der Waals surface area contributed by atoms with Gasteiger partial charge >= 0.3 is 0 Å².